The molecule has 4 aliphatic rings. The lowest BCUT2D eigenvalue weighted by Crippen LogP contribution is -2.58. The van der Waals surface area contributed by atoms with E-state index >= 15 is 0 Å². The second-order valence-electron chi connectivity index (χ2n) is 8.47. The van der Waals surface area contributed by atoms with Crippen LogP contribution in [-0.2, 0) is 9.53 Å². The number of benzene rings is 1. The van der Waals surface area contributed by atoms with Gasteiger partial charge in [0.1, 0.15) is 11.4 Å². The molecule has 4 aliphatic carbocycles. The second-order valence-corrected chi connectivity index (χ2v) is 8.47. The molecule has 0 N–H and O–H groups in total. The normalized spacial score (nSPS) is 36.6. The number of ether oxygens (including phenoxy) is 2. The first kappa shape index (κ1) is 16.0. The zero-order valence-corrected chi connectivity index (χ0v) is 15.0. The summed E-state index contributed by atoms with van der Waals surface area (Å²) in [6.45, 7) is 6.20. The summed E-state index contributed by atoms with van der Waals surface area (Å²) >= 11 is 0. The number of carbonyl (C=O) groups excluding carboxylic acids is 1. The van der Waals surface area contributed by atoms with Crippen LogP contribution in [0.5, 0.6) is 5.75 Å². The average molecular weight is 328 g/mol. The van der Waals surface area contributed by atoms with Crippen molar-refractivity contribution in [3.8, 4) is 5.75 Å². The van der Waals surface area contributed by atoms with Gasteiger partial charge in [0.05, 0.1) is 0 Å². The molecule has 130 valence electrons. The molecule has 1 aromatic carbocycles. The summed E-state index contributed by atoms with van der Waals surface area (Å²) in [6, 6.07) is 6.02. The smallest absolute Gasteiger partial charge is 0.344 e. The van der Waals surface area contributed by atoms with Crippen molar-refractivity contribution in [3.63, 3.8) is 0 Å². The van der Waals surface area contributed by atoms with E-state index in [9.17, 15) is 4.79 Å². The highest BCUT2D eigenvalue weighted by Gasteiger charge is 2.57. The van der Waals surface area contributed by atoms with E-state index in [-0.39, 0.29) is 18.2 Å². The summed E-state index contributed by atoms with van der Waals surface area (Å²) in [6.07, 6.45) is 6.39. The van der Waals surface area contributed by atoms with E-state index in [1.807, 2.05) is 32.0 Å². The maximum atomic E-state index is 12.5. The molecule has 0 aromatic heterocycles. The summed E-state index contributed by atoms with van der Waals surface area (Å²) in [5.74, 6) is 3.46. The van der Waals surface area contributed by atoms with E-state index < -0.39 is 0 Å². The Morgan fingerprint density at radius 2 is 1.58 bits per heavy atom. The predicted octanol–water partition coefficient (Wildman–Crippen LogP) is 4.44. The summed E-state index contributed by atoms with van der Waals surface area (Å²) < 4.78 is 11.8. The number of hydrogen-bond donors (Lipinski definition) is 0. The highest BCUT2D eigenvalue weighted by Crippen LogP contribution is 2.59. The Bertz CT molecular complexity index is 600. The van der Waals surface area contributed by atoms with E-state index in [0.29, 0.717) is 11.8 Å². The van der Waals surface area contributed by atoms with Crippen molar-refractivity contribution in [1.82, 2.24) is 0 Å². The third-order valence-electron chi connectivity index (χ3n) is 6.84. The van der Waals surface area contributed by atoms with Crippen molar-refractivity contribution in [2.24, 2.45) is 23.7 Å². The number of hydrogen-bond acceptors (Lipinski definition) is 3. The number of rotatable bonds is 4. The summed E-state index contributed by atoms with van der Waals surface area (Å²) in [7, 11) is 0. The van der Waals surface area contributed by atoms with Gasteiger partial charge in [0.15, 0.2) is 6.61 Å². The molecule has 0 amide bonds. The molecule has 4 fully saturated rings. The zero-order chi connectivity index (χ0) is 16.9. The molecule has 0 aliphatic heterocycles. The van der Waals surface area contributed by atoms with Gasteiger partial charge < -0.3 is 9.47 Å². The summed E-state index contributed by atoms with van der Waals surface area (Å²) in [5.41, 5.74) is 1.85. The molecule has 0 unspecified atom stereocenters. The van der Waals surface area contributed by atoms with Crippen molar-refractivity contribution in [2.45, 2.75) is 58.5 Å². The maximum Gasteiger partial charge on any atom is 0.344 e. The maximum absolute atomic E-state index is 12.5. The van der Waals surface area contributed by atoms with Gasteiger partial charge in [-0.05, 0) is 87.7 Å². The van der Waals surface area contributed by atoms with Crippen LogP contribution in [0.2, 0.25) is 0 Å². The van der Waals surface area contributed by atoms with Gasteiger partial charge in [-0.3, -0.25) is 0 Å². The van der Waals surface area contributed by atoms with Gasteiger partial charge in [-0.25, -0.2) is 4.79 Å². The molecule has 0 saturated heterocycles. The van der Waals surface area contributed by atoms with Crippen LogP contribution in [0.15, 0.2) is 18.2 Å². The Balaban J connectivity index is 1.41. The lowest BCUT2D eigenvalue weighted by Gasteiger charge is -2.59. The molecular formula is C21H28O3. The van der Waals surface area contributed by atoms with Crippen molar-refractivity contribution >= 4 is 5.97 Å². The molecular weight excluding hydrogens is 300 g/mol. The Morgan fingerprint density at radius 1 is 1.04 bits per heavy atom. The van der Waals surface area contributed by atoms with Crippen molar-refractivity contribution in [3.05, 3.63) is 29.3 Å². The third-order valence-corrected chi connectivity index (χ3v) is 6.84. The van der Waals surface area contributed by atoms with Gasteiger partial charge in [-0.1, -0.05) is 18.2 Å². The van der Waals surface area contributed by atoms with E-state index in [4.69, 9.17) is 9.47 Å². The minimum Gasteiger partial charge on any atom is -0.481 e. The standard InChI is InChI=1S/C21H28O3/c1-13-5-4-6-14(2)20(13)23-12-19(22)24-21(3)17-8-15-7-16(10-17)11-18(21)9-15/h4-6,15-18H,7-12H2,1-3H3. The van der Waals surface area contributed by atoms with Crippen LogP contribution in [0, 0.1) is 37.5 Å². The Hall–Kier alpha value is -1.51. The van der Waals surface area contributed by atoms with E-state index in [0.717, 1.165) is 28.7 Å². The number of carbonyl (C=O) groups is 1. The van der Waals surface area contributed by atoms with Crippen molar-refractivity contribution < 1.29 is 14.3 Å². The van der Waals surface area contributed by atoms with Crippen LogP contribution in [0.25, 0.3) is 0 Å². The van der Waals surface area contributed by atoms with E-state index in [1.165, 1.54) is 32.1 Å². The van der Waals surface area contributed by atoms with Gasteiger partial charge in [0.25, 0.3) is 0 Å². The van der Waals surface area contributed by atoms with E-state index in [2.05, 4.69) is 6.92 Å². The number of esters is 1. The summed E-state index contributed by atoms with van der Waals surface area (Å²) in [5, 5.41) is 0. The number of para-hydroxylation sites is 1. The van der Waals surface area contributed by atoms with Gasteiger partial charge in [0.2, 0.25) is 0 Å². The second kappa shape index (κ2) is 5.79. The van der Waals surface area contributed by atoms with Crippen LogP contribution in [0.1, 0.15) is 50.2 Å². The van der Waals surface area contributed by atoms with Crippen molar-refractivity contribution in [2.75, 3.05) is 6.61 Å². The van der Waals surface area contributed by atoms with Crippen LogP contribution in [-0.4, -0.2) is 18.2 Å². The Morgan fingerprint density at radius 3 is 2.12 bits per heavy atom. The molecule has 5 rings (SSSR count). The average Bonchev–Trinajstić information content (AvgIpc) is 2.51. The highest BCUT2D eigenvalue weighted by molar-refractivity contribution is 5.72. The highest BCUT2D eigenvalue weighted by atomic mass is 16.6. The fourth-order valence-corrected chi connectivity index (χ4v) is 5.72. The molecule has 3 heteroatoms. The molecule has 3 nitrogen and oxygen atoms in total. The SMILES string of the molecule is Cc1cccc(C)c1OCC(=O)OC1(C)C2CC3CC(C2)CC1C3. The fraction of sp³-hybridized carbons (Fsp3) is 0.667. The quantitative estimate of drug-likeness (QED) is 0.767. The molecule has 0 heterocycles. The molecule has 4 saturated carbocycles. The van der Waals surface area contributed by atoms with E-state index in [1.54, 1.807) is 0 Å². The van der Waals surface area contributed by atoms with Gasteiger partial charge in [-0.2, -0.15) is 0 Å². The lowest BCUT2D eigenvalue weighted by atomic mass is 9.50. The lowest BCUT2D eigenvalue weighted by molar-refractivity contribution is -0.204. The predicted molar refractivity (Wildman–Crippen MR) is 93.0 cm³/mol. The monoisotopic (exact) mass is 328 g/mol. The first-order valence-electron chi connectivity index (χ1n) is 9.36. The van der Waals surface area contributed by atoms with Crippen molar-refractivity contribution in [1.29, 1.82) is 0 Å². The Labute approximate surface area is 144 Å². The van der Waals surface area contributed by atoms with Crippen LogP contribution >= 0.6 is 0 Å². The number of aryl methyl sites for hydroxylation is 2. The molecule has 0 spiro atoms. The van der Waals surface area contributed by atoms with Crippen LogP contribution < -0.4 is 4.74 Å². The molecule has 1 aromatic rings. The summed E-state index contributed by atoms with van der Waals surface area (Å²) in [4.78, 5) is 12.5. The molecule has 0 atom stereocenters. The van der Waals surface area contributed by atoms with Gasteiger partial charge in [-0.15, -0.1) is 0 Å². The van der Waals surface area contributed by atoms with Crippen LogP contribution in [0.3, 0.4) is 0 Å². The first-order valence-corrected chi connectivity index (χ1v) is 9.36. The topological polar surface area (TPSA) is 35.5 Å². The Kier molecular flexibility index (Phi) is 3.85. The van der Waals surface area contributed by atoms with Gasteiger partial charge in [0, 0.05) is 0 Å². The van der Waals surface area contributed by atoms with Crippen LogP contribution in [0.4, 0.5) is 0 Å². The van der Waals surface area contributed by atoms with Gasteiger partial charge >= 0.3 is 5.97 Å². The third kappa shape index (κ3) is 2.62. The molecule has 4 bridgehead atoms. The first-order chi connectivity index (χ1) is 11.5. The largest absolute Gasteiger partial charge is 0.481 e. The zero-order valence-electron chi connectivity index (χ0n) is 15.0. The minimum absolute atomic E-state index is 0.00752. The molecule has 0 radical (unpaired) electrons. The fourth-order valence-electron chi connectivity index (χ4n) is 5.72. The minimum atomic E-state index is -0.269. The molecule has 24 heavy (non-hydrogen) atoms.